The van der Waals surface area contributed by atoms with Gasteiger partial charge in [0.25, 0.3) is 0 Å². The van der Waals surface area contributed by atoms with E-state index in [0.717, 1.165) is 24.8 Å². The number of fused-ring (bicyclic) bond motifs is 1. The molecule has 2 saturated carbocycles. The Kier molecular flexibility index (Phi) is 3.36. The van der Waals surface area contributed by atoms with E-state index in [9.17, 15) is 14.7 Å². The van der Waals surface area contributed by atoms with Crippen LogP contribution in [-0.4, -0.2) is 29.8 Å². The summed E-state index contributed by atoms with van der Waals surface area (Å²) < 4.78 is 16.4. The maximum absolute atomic E-state index is 13.2. The lowest BCUT2D eigenvalue weighted by molar-refractivity contribution is -0.191. The van der Waals surface area contributed by atoms with E-state index in [1.807, 2.05) is 13.0 Å². The minimum absolute atomic E-state index is 0.00743. The molecule has 2 unspecified atom stereocenters. The molecule has 5 rings (SSSR count). The summed E-state index contributed by atoms with van der Waals surface area (Å²) in [5.74, 6) is -0.805. The number of ether oxygens (including phenoxy) is 2. The fraction of sp³-hybridized carbons (Fsp3) is 0.700. The number of hydrogen-bond acceptors (Lipinski definition) is 6. The van der Waals surface area contributed by atoms with E-state index in [1.165, 1.54) is 0 Å². The predicted octanol–water partition coefficient (Wildman–Crippen LogP) is 2.61. The molecule has 140 valence electrons. The Balaban J connectivity index is 1.60. The van der Waals surface area contributed by atoms with E-state index in [0.29, 0.717) is 12.8 Å². The number of esters is 2. The third kappa shape index (κ3) is 1.81. The first-order valence-electron chi connectivity index (χ1n) is 9.58. The van der Waals surface area contributed by atoms with Gasteiger partial charge < -0.3 is 19.0 Å². The van der Waals surface area contributed by atoms with Crippen LogP contribution in [0.3, 0.4) is 0 Å². The normalized spacial score (nSPS) is 47.4. The van der Waals surface area contributed by atoms with Gasteiger partial charge in [0.15, 0.2) is 0 Å². The summed E-state index contributed by atoms with van der Waals surface area (Å²) in [6.45, 7) is 2.26. The lowest BCUT2D eigenvalue weighted by atomic mass is 9.43. The van der Waals surface area contributed by atoms with Crippen molar-refractivity contribution < 1.29 is 28.6 Å². The standard InChI is InChI=1S/C20H24O6/c1-11-7-16(21)20-10-25-17(22)13(20)3-2-4-15(20)19(11)8-14(26-18(19)23)12-5-6-24-9-12/h5-6,9,11,13-16,21H,2-4,7-8,10H2,1H3/t11-,13-,14-,15+,16?,19+,20?/m0/s1. The third-order valence-electron chi connectivity index (χ3n) is 7.80. The van der Waals surface area contributed by atoms with Crippen LogP contribution in [-0.2, 0) is 19.1 Å². The highest BCUT2D eigenvalue weighted by Crippen LogP contribution is 2.68. The number of furan rings is 1. The summed E-state index contributed by atoms with van der Waals surface area (Å²) in [5.41, 5.74) is -0.450. The molecule has 3 heterocycles. The highest BCUT2D eigenvalue weighted by molar-refractivity contribution is 5.82. The second-order valence-electron chi connectivity index (χ2n) is 8.60. The molecule has 1 aromatic rings. The van der Waals surface area contributed by atoms with Crippen molar-refractivity contribution in [2.45, 2.75) is 51.2 Å². The molecule has 1 N–H and O–H groups in total. The van der Waals surface area contributed by atoms with Gasteiger partial charge in [-0.3, -0.25) is 9.59 Å². The first-order chi connectivity index (χ1) is 12.5. The van der Waals surface area contributed by atoms with Crippen LogP contribution in [0.15, 0.2) is 23.0 Å². The molecule has 0 bridgehead atoms. The van der Waals surface area contributed by atoms with E-state index in [4.69, 9.17) is 13.9 Å². The quantitative estimate of drug-likeness (QED) is 0.775. The molecule has 4 aliphatic rings. The fourth-order valence-corrected chi connectivity index (χ4v) is 6.55. The van der Waals surface area contributed by atoms with Crippen LogP contribution < -0.4 is 0 Å². The molecule has 4 fully saturated rings. The second kappa shape index (κ2) is 5.35. The van der Waals surface area contributed by atoms with Crippen molar-refractivity contribution in [3.63, 3.8) is 0 Å². The number of carbonyl (C=O) groups is 2. The van der Waals surface area contributed by atoms with Crippen LogP contribution in [0.4, 0.5) is 0 Å². The molecule has 2 spiro atoms. The highest BCUT2D eigenvalue weighted by atomic mass is 16.6. The van der Waals surface area contributed by atoms with E-state index in [1.54, 1.807) is 12.5 Å². The van der Waals surface area contributed by atoms with Gasteiger partial charge in [-0.2, -0.15) is 0 Å². The lowest BCUT2D eigenvalue weighted by Gasteiger charge is -2.58. The maximum atomic E-state index is 13.2. The van der Waals surface area contributed by atoms with Crippen molar-refractivity contribution in [2.24, 2.45) is 28.6 Å². The molecule has 2 saturated heterocycles. The molecule has 2 aliphatic carbocycles. The van der Waals surface area contributed by atoms with Crippen molar-refractivity contribution in [3.05, 3.63) is 24.2 Å². The van der Waals surface area contributed by atoms with E-state index in [2.05, 4.69) is 0 Å². The van der Waals surface area contributed by atoms with E-state index in [-0.39, 0.29) is 42.4 Å². The van der Waals surface area contributed by atoms with Crippen LogP contribution in [0.25, 0.3) is 0 Å². The molecular weight excluding hydrogens is 336 g/mol. The van der Waals surface area contributed by atoms with Gasteiger partial charge in [0.2, 0.25) is 0 Å². The molecule has 2 aliphatic heterocycles. The first kappa shape index (κ1) is 16.4. The average molecular weight is 360 g/mol. The SMILES string of the molecule is C[C@H]1CC(O)C23COC(=O)[C@@H]2CCC[C@@H]3[C@@]12C[C@@H](c1ccoc1)OC2=O. The summed E-state index contributed by atoms with van der Waals surface area (Å²) in [6, 6.07) is 1.83. The molecule has 6 heteroatoms. The number of rotatable bonds is 1. The minimum atomic E-state index is -0.673. The zero-order valence-corrected chi connectivity index (χ0v) is 14.8. The Labute approximate surface area is 151 Å². The maximum Gasteiger partial charge on any atom is 0.313 e. The number of aliphatic hydroxyl groups excluding tert-OH is 1. The molecule has 0 aromatic carbocycles. The summed E-state index contributed by atoms with van der Waals surface area (Å²) in [4.78, 5) is 25.6. The van der Waals surface area contributed by atoms with Gasteiger partial charge in [-0.25, -0.2) is 0 Å². The zero-order chi connectivity index (χ0) is 18.1. The smallest absolute Gasteiger partial charge is 0.313 e. The summed E-state index contributed by atoms with van der Waals surface area (Å²) in [5, 5.41) is 11.0. The fourth-order valence-electron chi connectivity index (χ4n) is 6.55. The van der Waals surface area contributed by atoms with Gasteiger partial charge in [-0.15, -0.1) is 0 Å². The lowest BCUT2D eigenvalue weighted by Crippen LogP contribution is -2.63. The number of hydrogen-bond donors (Lipinski definition) is 1. The number of carbonyl (C=O) groups excluding carboxylic acids is 2. The van der Waals surface area contributed by atoms with Crippen molar-refractivity contribution >= 4 is 11.9 Å². The molecule has 26 heavy (non-hydrogen) atoms. The van der Waals surface area contributed by atoms with Gasteiger partial charge >= 0.3 is 11.9 Å². The first-order valence-corrected chi connectivity index (χ1v) is 9.58. The molecule has 7 atom stereocenters. The molecule has 0 radical (unpaired) electrons. The van der Waals surface area contributed by atoms with Crippen molar-refractivity contribution in [3.8, 4) is 0 Å². The topological polar surface area (TPSA) is 86.0 Å². The van der Waals surface area contributed by atoms with E-state index < -0.39 is 16.9 Å². The summed E-state index contributed by atoms with van der Waals surface area (Å²) in [6.07, 6.45) is 5.77. The second-order valence-corrected chi connectivity index (χ2v) is 8.60. The largest absolute Gasteiger partial charge is 0.472 e. The minimum Gasteiger partial charge on any atom is -0.472 e. The monoisotopic (exact) mass is 360 g/mol. The Bertz CT molecular complexity index is 741. The van der Waals surface area contributed by atoms with Crippen LogP contribution in [0.1, 0.15) is 50.7 Å². The van der Waals surface area contributed by atoms with Crippen LogP contribution in [0.5, 0.6) is 0 Å². The van der Waals surface area contributed by atoms with Crippen LogP contribution in [0, 0.1) is 28.6 Å². The van der Waals surface area contributed by atoms with Crippen molar-refractivity contribution in [2.75, 3.05) is 6.61 Å². The van der Waals surface area contributed by atoms with E-state index >= 15 is 0 Å². The van der Waals surface area contributed by atoms with Gasteiger partial charge in [0, 0.05) is 17.4 Å². The average Bonchev–Trinajstić information content (AvgIpc) is 3.33. The van der Waals surface area contributed by atoms with Crippen molar-refractivity contribution in [1.29, 1.82) is 0 Å². The molecule has 1 aromatic heterocycles. The van der Waals surface area contributed by atoms with Crippen LogP contribution >= 0.6 is 0 Å². The molecule has 0 amide bonds. The Morgan fingerprint density at radius 3 is 2.88 bits per heavy atom. The molecular formula is C20H24O6. The van der Waals surface area contributed by atoms with Crippen molar-refractivity contribution in [1.82, 2.24) is 0 Å². The Morgan fingerprint density at radius 2 is 2.12 bits per heavy atom. The zero-order valence-electron chi connectivity index (χ0n) is 14.8. The molecule has 6 nitrogen and oxygen atoms in total. The Hall–Kier alpha value is -1.82. The summed E-state index contributed by atoms with van der Waals surface area (Å²) in [7, 11) is 0. The van der Waals surface area contributed by atoms with Gasteiger partial charge in [-0.1, -0.05) is 13.3 Å². The number of aliphatic hydroxyl groups is 1. The van der Waals surface area contributed by atoms with Gasteiger partial charge in [0.05, 0.1) is 30.0 Å². The van der Waals surface area contributed by atoms with Crippen LogP contribution in [0.2, 0.25) is 0 Å². The van der Waals surface area contributed by atoms with Gasteiger partial charge in [0.1, 0.15) is 12.7 Å². The predicted molar refractivity (Wildman–Crippen MR) is 88.6 cm³/mol. The highest BCUT2D eigenvalue weighted by Gasteiger charge is 2.72. The number of cyclic esters (lactones) is 2. The Morgan fingerprint density at radius 1 is 1.27 bits per heavy atom. The summed E-state index contributed by atoms with van der Waals surface area (Å²) >= 11 is 0. The third-order valence-corrected chi connectivity index (χ3v) is 7.80. The van der Waals surface area contributed by atoms with Gasteiger partial charge in [-0.05, 0) is 37.2 Å².